The fraction of sp³-hybridized carbons (Fsp3) is 0.273. The van der Waals surface area contributed by atoms with Crippen LogP contribution in [0.25, 0.3) is 0 Å². The lowest BCUT2D eigenvalue weighted by molar-refractivity contribution is 0.575. The van der Waals surface area contributed by atoms with Gasteiger partial charge in [0, 0.05) is 26.0 Å². The topological polar surface area (TPSA) is 103 Å². The zero-order valence-electron chi connectivity index (χ0n) is 10.4. The van der Waals surface area contributed by atoms with Crippen molar-refractivity contribution in [1.82, 2.24) is 19.5 Å². The van der Waals surface area contributed by atoms with Gasteiger partial charge in [0.15, 0.2) is 5.03 Å². The molecule has 8 heteroatoms. The summed E-state index contributed by atoms with van der Waals surface area (Å²) in [4.78, 5) is 3.88. The fourth-order valence-electron chi connectivity index (χ4n) is 1.49. The summed E-state index contributed by atoms with van der Waals surface area (Å²) in [6.45, 7) is 0.457. The van der Waals surface area contributed by atoms with Crippen LogP contribution in [0.5, 0.6) is 0 Å². The van der Waals surface area contributed by atoms with Crippen LogP contribution >= 0.6 is 0 Å². The molecule has 2 heterocycles. The Hall–Kier alpha value is -1.77. The summed E-state index contributed by atoms with van der Waals surface area (Å²) < 4.78 is 28.0. The van der Waals surface area contributed by atoms with E-state index in [1.165, 1.54) is 12.3 Å². The number of sulfonamides is 1. The van der Waals surface area contributed by atoms with Crippen molar-refractivity contribution in [2.75, 3.05) is 0 Å². The largest absolute Gasteiger partial charge is 0.326 e. The van der Waals surface area contributed by atoms with Crippen LogP contribution in [-0.2, 0) is 30.2 Å². The third-order valence-corrected chi connectivity index (χ3v) is 3.84. The summed E-state index contributed by atoms with van der Waals surface area (Å²) in [5.74, 6) is 0. The van der Waals surface area contributed by atoms with Gasteiger partial charge in [-0.25, -0.2) is 18.1 Å². The van der Waals surface area contributed by atoms with E-state index >= 15 is 0 Å². The van der Waals surface area contributed by atoms with Crippen molar-refractivity contribution in [2.24, 2.45) is 12.8 Å². The first-order chi connectivity index (χ1) is 9.01. The zero-order chi connectivity index (χ0) is 13.9. The van der Waals surface area contributed by atoms with Gasteiger partial charge < -0.3 is 5.73 Å². The molecule has 0 radical (unpaired) electrons. The molecule has 2 rings (SSSR count). The van der Waals surface area contributed by atoms with E-state index in [1.54, 1.807) is 30.1 Å². The Morgan fingerprint density at radius 1 is 1.37 bits per heavy atom. The number of nitrogens with one attached hydrogen (secondary N) is 1. The molecular weight excluding hydrogens is 266 g/mol. The maximum absolute atomic E-state index is 12.0. The summed E-state index contributed by atoms with van der Waals surface area (Å²) in [6, 6.07) is 4.82. The van der Waals surface area contributed by atoms with Crippen LogP contribution in [0.3, 0.4) is 0 Å². The molecule has 0 spiro atoms. The average Bonchev–Trinajstić information content (AvgIpc) is 2.82. The van der Waals surface area contributed by atoms with Crippen LogP contribution in [0.1, 0.15) is 11.3 Å². The molecule has 0 aromatic carbocycles. The number of hydrogen-bond acceptors (Lipinski definition) is 5. The van der Waals surface area contributed by atoms with Crippen molar-refractivity contribution in [3.63, 3.8) is 0 Å². The van der Waals surface area contributed by atoms with Gasteiger partial charge in [-0.2, -0.15) is 5.10 Å². The molecule has 2 aromatic heterocycles. The SMILES string of the molecule is Cn1ccc(CNS(=O)(=O)c2ccc(CN)cn2)n1. The number of aromatic nitrogens is 3. The molecule has 0 bridgehead atoms. The number of nitrogens with zero attached hydrogens (tertiary/aromatic N) is 3. The average molecular weight is 281 g/mol. The van der Waals surface area contributed by atoms with Crippen molar-refractivity contribution < 1.29 is 8.42 Å². The highest BCUT2D eigenvalue weighted by Crippen LogP contribution is 2.07. The van der Waals surface area contributed by atoms with Gasteiger partial charge in [0.2, 0.25) is 0 Å². The van der Waals surface area contributed by atoms with Crippen molar-refractivity contribution in [1.29, 1.82) is 0 Å². The van der Waals surface area contributed by atoms with Gasteiger partial charge in [-0.15, -0.1) is 0 Å². The van der Waals surface area contributed by atoms with E-state index in [-0.39, 0.29) is 11.6 Å². The van der Waals surface area contributed by atoms with Gasteiger partial charge in [-0.05, 0) is 17.7 Å². The first kappa shape index (κ1) is 13.7. The quantitative estimate of drug-likeness (QED) is 0.787. The van der Waals surface area contributed by atoms with Gasteiger partial charge in [0.25, 0.3) is 10.0 Å². The second kappa shape index (κ2) is 5.47. The highest BCUT2D eigenvalue weighted by Gasteiger charge is 2.15. The summed E-state index contributed by atoms with van der Waals surface area (Å²) in [5.41, 5.74) is 6.85. The monoisotopic (exact) mass is 281 g/mol. The Morgan fingerprint density at radius 3 is 2.68 bits per heavy atom. The number of rotatable bonds is 5. The van der Waals surface area contributed by atoms with E-state index < -0.39 is 10.0 Å². The summed E-state index contributed by atoms with van der Waals surface area (Å²) in [5, 5.41) is 4.06. The molecule has 0 amide bonds. The number of hydrogen-bond donors (Lipinski definition) is 2. The molecule has 2 aromatic rings. The molecule has 0 saturated heterocycles. The molecule has 7 nitrogen and oxygen atoms in total. The fourth-order valence-corrected chi connectivity index (χ4v) is 2.42. The van der Waals surface area contributed by atoms with E-state index in [0.717, 1.165) is 5.56 Å². The van der Waals surface area contributed by atoms with E-state index in [0.29, 0.717) is 12.2 Å². The van der Waals surface area contributed by atoms with Crippen molar-refractivity contribution in [3.05, 3.63) is 41.9 Å². The lowest BCUT2D eigenvalue weighted by atomic mass is 10.3. The van der Waals surface area contributed by atoms with Gasteiger partial charge in [-0.1, -0.05) is 6.07 Å². The molecule has 0 atom stereocenters. The summed E-state index contributed by atoms with van der Waals surface area (Å²) in [6.07, 6.45) is 3.20. The normalized spacial score (nSPS) is 11.7. The van der Waals surface area contributed by atoms with E-state index in [9.17, 15) is 8.42 Å². The van der Waals surface area contributed by atoms with E-state index in [2.05, 4.69) is 14.8 Å². The molecule has 0 fully saturated rings. The molecule has 0 unspecified atom stereocenters. The predicted octanol–water partition coefficient (Wildman–Crippen LogP) is -0.248. The summed E-state index contributed by atoms with van der Waals surface area (Å²) >= 11 is 0. The van der Waals surface area contributed by atoms with Gasteiger partial charge >= 0.3 is 0 Å². The molecule has 19 heavy (non-hydrogen) atoms. The van der Waals surface area contributed by atoms with Crippen LogP contribution in [0.15, 0.2) is 35.6 Å². The second-order valence-electron chi connectivity index (χ2n) is 4.01. The predicted molar refractivity (Wildman–Crippen MR) is 69.4 cm³/mol. The standard InChI is InChI=1S/C11H15N5O2S/c1-16-5-4-10(15-16)8-14-19(17,18)11-3-2-9(6-12)7-13-11/h2-5,7,14H,6,8,12H2,1H3. The summed E-state index contributed by atoms with van der Waals surface area (Å²) in [7, 11) is -1.86. The molecule has 0 aliphatic carbocycles. The molecular formula is C11H15N5O2S. The Balaban J connectivity index is 2.09. The Kier molecular flexibility index (Phi) is 3.93. The lowest BCUT2D eigenvalue weighted by Gasteiger charge is -2.05. The molecule has 0 saturated carbocycles. The minimum Gasteiger partial charge on any atom is -0.326 e. The highest BCUT2D eigenvalue weighted by molar-refractivity contribution is 7.89. The first-order valence-corrected chi connectivity index (χ1v) is 7.13. The zero-order valence-corrected chi connectivity index (χ0v) is 11.3. The molecule has 102 valence electrons. The molecule has 3 N–H and O–H groups in total. The van der Waals surface area contributed by atoms with Gasteiger partial charge in [0.05, 0.1) is 12.2 Å². The molecule has 0 aliphatic rings. The van der Waals surface area contributed by atoms with Gasteiger partial charge in [0.1, 0.15) is 0 Å². The number of nitrogens with two attached hydrogens (primary N) is 1. The van der Waals surface area contributed by atoms with E-state index in [4.69, 9.17) is 5.73 Å². The minimum atomic E-state index is -3.63. The van der Waals surface area contributed by atoms with Crippen molar-refractivity contribution in [2.45, 2.75) is 18.1 Å². The smallest absolute Gasteiger partial charge is 0.258 e. The van der Waals surface area contributed by atoms with Gasteiger partial charge in [-0.3, -0.25) is 4.68 Å². The van der Waals surface area contributed by atoms with Crippen molar-refractivity contribution >= 4 is 10.0 Å². The Labute approximate surface area is 111 Å². The maximum Gasteiger partial charge on any atom is 0.258 e. The first-order valence-electron chi connectivity index (χ1n) is 5.64. The van der Waals surface area contributed by atoms with Crippen LogP contribution < -0.4 is 10.5 Å². The van der Waals surface area contributed by atoms with Crippen LogP contribution in [0, 0.1) is 0 Å². The number of aryl methyl sites for hydroxylation is 1. The van der Waals surface area contributed by atoms with Crippen LogP contribution in [0.4, 0.5) is 0 Å². The van der Waals surface area contributed by atoms with Crippen LogP contribution in [-0.4, -0.2) is 23.2 Å². The Morgan fingerprint density at radius 2 is 2.16 bits per heavy atom. The minimum absolute atomic E-state index is 0.0272. The van der Waals surface area contributed by atoms with Crippen molar-refractivity contribution in [3.8, 4) is 0 Å². The maximum atomic E-state index is 12.0. The third kappa shape index (κ3) is 3.37. The molecule has 0 aliphatic heterocycles. The lowest BCUT2D eigenvalue weighted by Crippen LogP contribution is -2.24. The van der Waals surface area contributed by atoms with Crippen LogP contribution in [0.2, 0.25) is 0 Å². The number of pyridine rings is 1. The third-order valence-electron chi connectivity index (χ3n) is 2.52. The second-order valence-corrected chi connectivity index (χ2v) is 5.73. The van der Waals surface area contributed by atoms with E-state index in [1.807, 2.05) is 0 Å². The highest BCUT2D eigenvalue weighted by atomic mass is 32.2. The Bertz CT molecular complexity index is 648.